The number of anilines is 1. The van der Waals surface area contributed by atoms with E-state index in [-0.39, 0.29) is 12.8 Å². The number of carboxylic acids is 1. The second-order valence-corrected chi connectivity index (χ2v) is 6.06. The molecule has 1 atom stereocenters. The minimum atomic E-state index is -0.982. The van der Waals surface area contributed by atoms with Crippen molar-refractivity contribution in [3.8, 4) is 0 Å². The summed E-state index contributed by atoms with van der Waals surface area (Å²) in [6.45, 7) is 3.85. The molecule has 0 fully saturated rings. The largest absolute Gasteiger partial charge is 0.481 e. The van der Waals surface area contributed by atoms with Gasteiger partial charge in [-0.3, -0.25) is 9.80 Å². The number of nitrogens with zero attached hydrogens (tertiary/aromatic N) is 1. The maximum absolute atomic E-state index is 10.8. The van der Waals surface area contributed by atoms with E-state index >= 15 is 0 Å². The Hall–Kier alpha value is -2.31. The Morgan fingerprint density at radius 3 is 2.38 bits per heavy atom. The molecule has 3 N–H and O–H groups in total. The van der Waals surface area contributed by atoms with E-state index in [0.717, 1.165) is 10.2 Å². The van der Waals surface area contributed by atoms with Gasteiger partial charge in [0.25, 0.3) is 0 Å². The molecule has 6 heteroatoms. The molecule has 0 amide bonds. The molecule has 0 aromatic heterocycles. The minimum Gasteiger partial charge on any atom is -0.481 e. The number of carboxylic acid groups (broad SMARTS) is 1. The van der Waals surface area contributed by atoms with E-state index in [0.29, 0.717) is 11.3 Å². The zero-order chi connectivity index (χ0) is 17.5. The molecule has 0 bridgehead atoms. The van der Waals surface area contributed by atoms with Gasteiger partial charge in [0.15, 0.2) is 6.23 Å². The van der Waals surface area contributed by atoms with Crippen LogP contribution < -0.4 is 10.4 Å². The van der Waals surface area contributed by atoms with Gasteiger partial charge in [0.1, 0.15) is 0 Å². The third-order valence-electron chi connectivity index (χ3n) is 3.38. The Kier molecular flexibility index (Phi) is 6.40. The smallest absolute Gasteiger partial charge is 0.303 e. The number of carbonyl (C=O) groups is 1. The van der Waals surface area contributed by atoms with Crippen LogP contribution in [0.25, 0.3) is 0 Å². The highest BCUT2D eigenvalue weighted by atomic mass is 79.9. The van der Waals surface area contributed by atoms with Gasteiger partial charge in [0.2, 0.25) is 0 Å². The van der Waals surface area contributed by atoms with Gasteiger partial charge in [-0.25, -0.2) is 0 Å². The molecule has 2 rings (SSSR count). The number of aliphatic hydroxyl groups is 1. The Morgan fingerprint density at radius 1 is 1.12 bits per heavy atom. The van der Waals surface area contributed by atoms with E-state index < -0.39 is 12.2 Å². The fraction of sp³-hybridized carbons (Fsp3) is 0.167. The van der Waals surface area contributed by atoms with Crippen LogP contribution in [0.4, 0.5) is 5.69 Å². The summed E-state index contributed by atoms with van der Waals surface area (Å²) in [6, 6.07) is 16.7. The van der Waals surface area contributed by atoms with Crippen molar-refractivity contribution in [3.63, 3.8) is 0 Å². The average Bonchev–Trinajstić information content (AvgIpc) is 2.58. The molecule has 0 saturated carbocycles. The van der Waals surface area contributed by atoms with E-state index in [2.05, 4.69) is 27.9 Å². The van der Waals surface area contributed by atoms with E-state index in [1.54, 1.807) is 5.01 Å². The van der Waals surface area contributed by atoms with Crippen LogP contribution in [0, 0.1) is 0 Å². The van der Waals surface area contributed by atoms with E-state index in [1.165, 1.54) is 0 Å². The molecule has 0 aliphatic rings. The molecule has 2 aromatic carbocycles. The van der Waals surface area contributed by atoms with Gasteiger partial charge in [-0.2, -0.15) is 0 Å². The lowest BCUT2D eigenvalue weighted by molar-refractivity contribution is -0.136. The summed E-state index contributed by atoms with van der Waals surface area (Å²) in [7, 11) is 0. The summed E-state index contributed by atoms with van der Waals surface area (Å²) in [5, 5.41) is 21.2. The maximum atomic E-state index is 10.8. The molecular weight excluding hydrogens is 372 g/mol. The molecule has 0 aliphatic heterocycles. The van der Waals surface area contributed by atoms with Crippen LogP contribution in [0.2, 0.25) is 0 Å². The summed E-state index contributed by atoms with van der Waals surface area (Å²) in [4.78, 5) is 10.7. The number of para-hydroxylation sites is 1. The summed E-state index contributed by atoms with van der Waals surface area (Å²) >= 11 is 3.44. The second kappa shape index (κ2) is 8.52. The lowest BCUT2D eigenvalue weighted by atomic mass is 10.2. The molecule has 5 nitrogen and oxygen atoms in total. The monoisotopic (exact) mass is 390 g/mol. The van der Waals surface area contributed by atoms with Crippen molar-refractivity contribution in [3.05, 3.63) is 76.9 Å². The van der Waals surface area contributed by atoms with Crippen molar-refractivity contribution in [2.75, 3.05) is 5.01 Å². The van der Waals surface area contributed by atoms with Gasteiger partial charge in [0.05, 0.1) is 12.1 Å². The van der Waals surface area contributed by atoms with Crippen LogP contribution in [-0.2, 0) is 4.79 Å². The van der Waals surface area contributed by atoms with Gasteiger partial charge in [-0.1, -0.05) is 58.9 Å². The van der Waals surface area contributed by atoms with E-state index in [4.69, 9.17) is 5.11 Å². The molecular formula is C18H19BrN2O3. The summed E-state index contributed by atoms with van der Waals surface area (Å²) in [5.41, 5.74) is 4.94. The standard InChI is InChI=1S/C18H19BrN2O3/c1-13(11-12-17(22)23)20-21(14-7-3-2-4-8-14)18(24)15-9-5-6-10-16(15)19/h2-10,18,20,24H,1,11-12H2,(H,22,23). The summed E-state index contributed by atoms with van der Waals surface area (Å²) in [5.74, 6) is -0.893. The van der Waals surface area contributed by atoms with Crippen molar-refractivity contribution < 1.29 is 15.0 Å². The Morgan fingerprint density at radius 2 is 1.75 bits per heavy atom. The number of rotatable bonds is 8. The first-order valence-electron chi connectivity index (χ1n) is 7.42. The predicted octanol–water partition coefficient (Wildman–Crippen LogP) is 3.83. The zero-order valence-electron chi connectivity index (χ0n) is 13.0. The minimum absolute atomic E-state index is 0.0282. The fourth-order valence-corrected chi connectivity index (χ4v) is 2.65. The molecule has 0 aliphatic carbocycles. The average molecular weight is 391 g/mol. The van der Waals surface area contributed by atoms with Crippen molar-refractivity contribution >= 4 is 27.6 Å². The molecule has 1 unspecified atom stereocenters. The van der Waals surface area contributed by atoms with Gasteiger partial charge < -0.3 is 15.6 Å². The quantitative estimate of drug-likeness (QED) is 0.471. The molecule has 2 aromatic rings. The van der Waals surface area contributed by atoms with Crippen LogP contribution in [-0.4, -0.2) is 16.2 Å². The van der Waals surface area contributed by atoms with Crippen molar-refractivity contribution in [1.82, 2.24) is 5.43 Å². The van der Waals surface area contributed by atoms with Crippen molar-refractivity contribution in [1.29, 1.82) is 0 Å². The normalized spacial score (nSPS) is 11.6. The topological polar surface area (TPSA) is 72.8 Å². The van der Waals surface area contributed by atoms with Crippen LogP contribution in [0.1, 0.15) is 24.6 Å². The number of hydrazine groups is 1. The summed E-state index contributed by atoms with van der Waals surface area (Å²) in [6.07, 6.45) is -0.745. The third kappa shape index (κ3) is 4.84. The molecule has 126 valence electrons. The molecule has 0 radical (unpaired) electrons. The first-order valence-corrected chi connectivity index (χ1v) is 8.21. The van der Waals surface area contributed by atoms with Crippen LogP contribution in [0.15, 0.2) is 71.3 Å². The predicted molar refractivity (Wildman–Crippen MR) is 97.2 cm³/mol. The first-order chi connectivity index (χ1) is 11.5. The summed E-state index contributed by atoms with van der Waals surface area (Å²) < 4.78 is 0.774. The van der Waals surface area contributed by atoms with E-state index in [9.17, 15) is 9.90 Å². The number of allylic oxidation sites excluding steroid dienone is 1. The van der Waals surface area contributed by atoms with Crippen LogP contribution in [0.3, 0.4) is 0 Å². The van der Waals surface area contributed by atoms with E-state index in [1.807, 2.05) is 54.6 Å². The molecule has 0 saturated heterocycles. The van der Waals surface area contributed by atoms with Crippen LogP contribution in [0.5, 0.6) is 0 Å². The van der Waals surface area contributed by atoms with Gasteiger partial charge in [-0.15, -0.1) is 0 Å². The fourth-order valence-electron chi connectivity index (χ4n) is 2.16. The molecule has 0 heterocycles. The van der Waals surface area contributed by atoms with Crippen molar-refractivity contribution in [2.24, 2.45) is 0 Å². The number of hydrogen-bond acceptors (Lipinski definition) is 4. The lowest BCUT2D eigenvalue weighted by Gasteiger charge is -2.32. The number of halogens is 1. The SMILES string of the molecule is C=C(CCC(=O)O)NN(c1ccccc1)C(O)c1ccccc1Br. The van der Waals surface area contributed by atoms with Gasteiger partial charge >= 0.3 is 5.97 Å². The Labute approximate surface area is 149 Å². The number of aliphatic hydroxyl groups excluding tert-OH is 1. The Bertz CT molecular complexity index is 706. The van der Waals surface area contributed by atoms with Crippen molar-refractivity contribution in [2.45, 2.75) is 19.1 Å². The number of benzene rings is 2. The number of aliphatic carboxylic acids is 1. The highest BCUT2D eigenvalue weighted by Crippen LogP contribution is 2.29. The first kappa shape index (κ1) is 18.0. The molecule has 24 heavy (non-hydrogen) atoms. The molecule has 0 spiro atoms. The number of nitrogens with one attached hydrogen (secondary N) is 1. The second-order valence-electron chi connectivity index (χ2n) is 5.21. The van der Waals surface area contributed by atoms with Crippen LogP contribution >= 0.6 is 15.9 Å². The van der Waals surface area contributed by atoms with Gasteiger partial charge in [0, 0.05) is 15.7 Å². The zero-order valence-corrected chi connectivity index (χ0v) is 14.6. The third-order valence-corrected chi connectivity index (χ3v) is 4.10. The highest BCUT2D eigenvalue weighted by Gasteiger charge is 2.21. The maximum Gasteiger partial charge on any atom is 0.303 e. The highest BCUT2D eigenvalue weighted by molar-refractivity contribution is 9.10. The number of hydrogen-bond donors (Lipinski definition) is 3. The Balaban J connectivity index is 2.25. The van der Waals surface area contributed by atoms with Gasteiger partial charge in [-0.05, 0) is 24.6 Å². The lowest BCUT2D eigenvalue weighted by Crippen LogP contribution is -2.40.